The summed E-state index contributed by atoms with van der Waals surface area (Å²) in [6.45, 7) is 1.46. The van der Waals surface area contributed by atoms with Gasteiger partial charge in [0.15, 0.2) is 0 Å². The molecule has 2 aromatic heterocycles. The van der Waals surface area contributed by atoms with E-state index < -0.39 is 17.6 Å². The molecule has 210 valence electrons. The van der Waals surface area contributed by atoms with Crippen molar-refractivity contribution in [2.24, 2.45) is 0 Å². The molecule has 2 N–H and O–H groups in total. The van der Waals surface area contributed by atoms with Crippen molar-refractivity contribution in [3.05, 3.63) is 113 Å². The molecule has 1 saturated heterocycles. The van der Waals surface area contributed by atoms with E-state index in [-0.39, 0.29) is 41.6 Å². The average Bonchev–Trinajstić information content (AvgIpc) is 3.31. The molecule has 0 spiro atoms. The molecule has 0 amide bonds. The van der Waals surface area contributed by atoms with Crippen molar-refractivity contribution in [2.45, 2.75) is 32.0 Å². The Kier molecular flexibility index (Phi) is 7.33. The first-order chi connectivity index (χ1) is 20.4. The van der Waals surface area contributed by atoms with E-state index in [1.54, 1.807) is 42.5 Å². The van der Waals surface area contributed by atoms with Gasteiger partial charge in [-0.3, -0.25) is 0 Å². The van der Waals surface area contributed by atoms with E-state index in [0.29, 0.717) is 40.2 Å². The first kappa shape index (κ1) is 27.1. The van der Waals surface area contributed by atoms with E-state index >= 15 is 4.39 Å². The highest BCUT2D eigenvalue weighted by molar-refractivity contribution is 5.92. The first-order valence-corrected chi connectivity index (χ1v) is 13.4. The lowest BCUT2D eigenvalue weighted by atomic mass is 10.0. The van der Waals surface area contributed by atoms with Crippen LogP contribution >= 0.6 is 0 Å². The number of imidazole rings is 1. The molecule has 3 heterocycles. The molecule has 0 radical (unpaired) electrons. The molecule has 0 unspecified atom stereocenters. The van der Waals surface area contributed by atoms with E-state index in [1.807, 2.05) is 10.6 Å². The number of aromatic carboxylic acids is 1. The minimum absolute atomic E-state index is 0.0768. The highest BCUT2D eigenvalue weighted by Gasteiger charge is 2.22. The number of hydrogen-bond acceptors (Lipinski definition) is 6. The number of fused-ring (bicyclic) bond motifs is 1. The van der Waals surface area contributed by atoms with Crippen LogP contribution in [0, 0.1) is 23.0 Å². The smallest absolute Gasteiger partial charge is 0.335 e. The van der Waals surface area contributed by atoms with Gasteiger partial charge in [0.25, 0.3) is 0 Å². The second-order valence-electron chi connectivity index (χ2n) is 10.1. The molecule has 1 fully saturated rings. The molecule has 0 saturated carbocycles. The van der Waals surface area contributed by atoms with Crippen molar-refractivity contribution < 1.29 is 23.4 Å². The van der Waals surface area contributed by atoms with Crippen molar-refractivity contribution >= 4 is 17.0 Å². The predicted octanol–water partition coefficient (Wildman–Crippen LogP) is 5.48. The largest absolute Gasteiger partial charge is 0.478 e. The van der Waals surface area contributed by atoms with E-state index in [1.165, 1.54) is 24.3 Å². The van der Waals surface area contributed by atoms with Crippen LogP contribution in [0.4, 0.5) is 8.78 Å². The Hall–Kier alpha value is -5.14. The standard InChI is InChI=1S/C32H25F2N5O3/c33-25-12-19(16-35)4-5-23(25)18-42-31-3-1-2-27(38-31)21-7-6-20(26(34)13-21)15-30-37-28-9-8-22(32(40)41)14-29(28)39(30)17-24-10-11-36-24/h1-9,12-14,24,36H,10-11,15,17-18H2,(H,40,41)/t24-/m0/s1. The number of aromatic nitrogens is 3. The second-order valence-corrected chi connectivity index (χ2v) is 10.1. The fourth-order valence-corrected chi connectivity index (χ4v) is 4.93. The summed E-state index contributed by atoms with van der Waals surface area (Å²) in [6, 6.07) is 21.1. The summed E-state index contributed by atoms with van der Waals surface area (Å²) in [5, 5.41) is 21.7. The molecule has 1 aliphatic heterocycles. The topological polar surface area (TPSA) is 113 Å². The van der Waals surface area contributed by atoms with Gasteiger partial charge in [-0.05, 0) is 61.0 Å². The number of ether oxygens (including phenoxy) is 1. The Labute approximate surface area is 239 Å². The van der Waals surface area contributed by atoms with Crippen LogP contribution in [-0.2, 0) is 19.6 Å². The van der Waals surface area contributed by atoms with Gasteiger partial charge < -0.3 is 19.7 Å². The molecular weight excluding hydrogens is 540 g/mol. The van der Waals surface area contributed by atoms with Gasteiger partial charge in [-0.2, -0.15) is 5.26 Å². The van der Waals surface area contributed by atoms with Gasteiger partial charge in [-0.1, -0.05) is 24.3 Å². The lowest BCUT2D eigenvalue weighted by Crippen LogP contribution is -2.45. The molecule has 0 aliphatic carbocycles. The van der Waals surface area contributed by atoms with Gasteiger partial charge >= 0.3 is 5.97 Å². The summed E-state index contributed by atoms with van der Waals surface area (Å²) in [5.41, 5.74) is 3.53. The molecule has 5 aromatic rings. The Morgan fingerprint density at radius 1 is 1.05 bits per heavy atom. The number of carbonyl (C=O) groups is 1. The number of halogens is 2. The number of nitrogens with one attached hydrogen (secondary N) is 1. The highest BCUT2D eigenvalue weighted by Crippen LogP contribution is 2.26. The summed E-state index contributed by atoms with van der Waals surface area (Å²) < 4.78 is 37.3. The van der Waals surface area contributed by atoms with E-state index in [0.717, 1.165) is 19.0 Å². The lowest BCUT2D eigenvalue weighted by Gasteiger charge is -2.28. The van der Waals surface area contributed by atoms with Crippen molar-refractivity contribution in [3.8, 4) is 23.2 Å². The quantitative estimate of drug-likeness (QED) is 0.243. The van der Waals surface area contributed by atoms with Crippen molar-refractivity contribution in [1.29, 1.82) is 5.26 Å². The molecule has 0 bridgehead atoms. The van der Waals surface area contributed by atoms with Crippen LogP contribution < -0.4 is 10.1 Å². The normalized spacial score (nSPS) is 14.4. The maximum Gasteiger partial charge on any atom is 0.335 e. The molecular formula is C32H25F2N5O3. The van der Waals surface area contributed by atoms with Gasteiger partial charge in [0.2, 0.25) is 5.88 Å². The monoisotopic (exact) mass is 565 g/mol. The third kappa shape index (κ3) is 5.55. The maximum absolute atomic E-state index is 15.4. The Morgan fingerprint density at radius 2 is 1.86 bits per heavy atom. The Morgan fingerprint density at radius 3 is 2.57 bits per heavy atom. The van der Waals surface area contributed by atoms with E-state index in [2.05, 4.69) is 10.3 Å². The van der Waals surface area contributed by atoms with Crippen LogP contribution in [0.5, 0.6) is 5.88 Å². The summed E-state index contributed by atoms with van der Waals surface area (Å²) in [7, 11) is 0. The van der Waals surface area contributed by atoms with E-state index in [9.17, 15) is 14.3 Å². The molecule has 1 aliphatic rings. The fourth-order valence-electron chi connectivity index (χ4n) is 4.93. The Bertz CT molecular complexity index is 1860. The summed E-state index contributed by atoms with van der Waals surface area (Å²) in [4.78, 5) is 20.7. The third-order valence-corrected chi connectivity index (χ3v) is 7.38. The fraction of sp³-hybridized carbons (Fsp3) is 0.188. The van der Waals surface area contributed by atoms with Crippen molar-refractivity contribution in [2.75, 3.05) is 6.54 Å². The van der Waals surface area contributed by atoms with Crippen LogP contribution in [0.3, 0.4) is 0 Å². The zero-order valence-corrected chi connectivity index (χ0v) is 22.3. The molecule has 8 nitrogen and oxygen atoms in total. The van der Waals surface area contributed by atoms with Crippen molar-refractivity contribution in [1.82, 2.24) is 19.9 Å². The molecule has 6 rings (SSSR count). The molecule has 10 heteroatoms. The van der Waals surface area contributed by atoms with Gasteiger partial charge in [0.05, 0.1) is 33.9 Å². The lowest BCUT2D eigenvalue weighted by molar-refractivity contribution is 0.0697. The number of hydrogen-bond donors (Lipinski definition) is 2. The average molecular weight is 566 g/mol. The zero-order chi connectivity index (χ0) is 29.2. The number of nitriles is 1. The van der Waals surface area contributed by atoms with Crippen LogP contribution in [0.25, 0.3) is 22.3 Å². The van der Waals surface area contributed by atoms with Gasteiger partial charge in [0.1, 0.15) is 24.1 Å². The van der Waals surface area contributed by atoms with Crippen LogP contribution in [0.15, 0.2) is 72.8 Å². The third-order valence-electron chi connectivity index (χ3n) is 7.38. The summed E-state index contributed by atoms with van der Waals surface area (Å²) in [5.74, 6) is -1.08. The highest BCUT2D eigenvalue weighted by atomic mass is 19.1. The minimum atomic E-state index is -1.01. The summed E-state index contributed by atoms with van der Waals surface area (Å²) in [6.07, 6.45) is 1.22. The Balaban J connectivity index is 1.23. The molecule has 1 atom stereocenters. The van der Waals surface area contributed by atoms with Gasteiger partial charge in [0, 0.05) is 36.2 Å². The van der Waals surface area contributed by atoms with Gasteiger partial charge in [-0.15, -0.1) is 0 Å². The maximum atomic E-state index is 15.4. The van der Waals surface area contributed by atoms with E-state index in [4.69, 9.17) is 15.0 Å². The SMILES string of the molecule is N#Cc1ccc(COc2cccc(-c3ccc(Cc4nc5ccc(C(=O)O)cc5n4C[C@@H]4CCN4)c(F)c3)n2)c(F)c1. The molecule has 42 heavy (non-hydrogen) atoms. The van der Waals surface area contributed by atoms with Crippen LogP contribution in [0.1, 0.15) is 39.3 Å². The van der Waals surface area contributed by atoms with Crippen molar-refractivity contribution in [3.63, 3.8) is 0 Å². The van der Waals surface area contributed by atoms with Crippen LogP contribution in [-0.4, -0.2) is 38.2 Å². The van der Waals surface area contributed by atoms with Crippen LogP contribution in [0.2, 0.25) is 0 Å². The number of benzene rings is 3. The second kappa shape index (κ2) is 11.4. The minimum Gasteiger partial charge on any atom is -0.478 e. The number of rotatable bonds is 9. The number of carboxylic acids is 1. The summed E-state index contributed by atoms with van der Waals surface area (Å²) >= 11 is 0. The number of carboxylic acid groups (broad SMARTS) is 1. The number of pyridine rings is 1. The number of nitrogens with zero attached hydrogens (tertiary/aromatic N) is 4. The zero-order valence-electron chi connectivity index (χ0n) is 22.3. The first-order valence-electron chi connectivity index (χ1n) is 13.4. The predicted molar refractivity (Wildman–Crippen MR) is 151 cm³/mol. The molecule has 3 aromatic carbocycles. The van der Waals surface area contributed by atoms with Gasteiger partial charge in [-0.25, -0.2) is 23.5 Å².